The molecule has 0 saturated heterocycles. The van der Waals surface area contributed by atoms with Crippen LogP contribution in [-0.4, -0.2) is 15.6 Å². The number of halogens is 1. The van der Waals surface area contributed by atoms with E-state index in [9.17, 15) is 14.3 Å². The molecule has 1 aromatic rings. The SMILES string of the molecule is CC1(C)CC(=O)c2cc(O)c(F)cc2S1. The van der Waals surface area contributed by atoms with Crippen LogP contribution in [0.25, 0.3) is 0 Å². The van der Waals surface area contributed by atoms with Crippen molar-refractivity contribution >= 4 is 17.5 Å². The predicted octanol–water partition coefficient (Wildman–Crippen LogP) is 2.99. The van der Waals surface area contributed by atoms with Crippen molar-refractivity contribution in [3.8, 4) is 5.75 Å². The molecule has 4 heteroatoms. The summed E-state index contributed by atoms with van der Waals surface area (Å²) in [5.41, 5.74) is 0.429. The number of ketones is 1. The molecule has 0 atom stereocenters. The van der Waals surface area contributed by atoms with Crippen molar-refractivity contribution in [2.45, 2.75) is 29.9 Å². The molecule has 0 fully saturated rings. The number of hydrogen-bond donors (Lipinski definition) is 1. The number of phenols is 1. The number of rotatable bonds is 0. The Morgan fingerprint density at radius 2 is 2.13 bits per heavy atom. The molecule has 1 aliphatic rings. The van der Waals surface area contributed by atoms with Gasteiger partial charge < -0.3 is 5.11 Å². The van der Waals surface area contributed by atoms with Gasteiger partial charge in [0.15, 0.2) is 17.3 Å². The summed E-state index contributed by atoms with van der Waals surface area (Å²) in [7, 11) is 0. The fraction of sp³-hybridized carbons (Fsp3) is 0.364. The number of carbonyl (C=O) groups excluding carboxylic acids is 1. The highest BCUT2D eigenvalue weighted by atomic mass is 32.2. The van der Waals surface area contributed by atoms with Gasteiger partial charge in [-0.1, -0.05) is 0 Å². The van der Waals surface area contributed by atoms with Gasteiger partial charge in [-0.2, -0.15) is 0 Å². The van der Waals surface area contributed by atoms with Gasteiger partial charge >= 0.3 is 0 Å². The number of hydrogen-bond acceptors (Lipinski definition) is 3. The van der Waals surface area contributed by atoms with Crippen LogP contribution in [0, 0.1) is 5.82 Å². The van der Waals surface area contributed by atoms with Crippen LogP contribution in [0.5, 0.6) is 5.75 Å². The lowest BCUT2D eigenvalue weighted by Gasteiger charge is -2.29. The van der Waals surface area contributed by atoms with E-state index >= 15 is 0 Å². The lowest BCUT2D eigenvalue weighted by Crippen LogP contribution is -2.25. The third-order valence-electron chi connectivity index (χ3n) is 2.32. The Hall–Kier alpha value is -1.03. The fourth-order valence-corrected chi connectivity index (χ4v) is 2.91. The highest BCUT2D eigenvalue weighted by Gasteiger charge is 2.32. The summed E-state index contributed by atoms with van der Waals surface area (Å²) in [6.45, 7) is 3.90. The Labute approximate surface area is 91.5 Å². The molecular weight excluding hydrogens is 215 g/mol. The first-order valence-electron chi connectivity index (χ1n) is 4.64. The Morgan fingerprint density at radius 1 is 1.47 bits per heavy atom. The van der Waals surface area contributed by atoms with Crippen molar-refractivity contribution < 1.29 is 14.3 Å². The van der Waals surface area contributed by atoms with Gasteiger partial charge in [-0.25, -0.2) is 4.39 Å². The van der Waals surface area contributed by atoms with Crippen LogP contribution >= 0.6 is 11.8 Å². The largest absolute Gasteiger partial charge is 0.505 e. The van der Waals surface area contributed by atoms with Crippen LogP contribution in [0.1, 0.15) is 30.6 Å². The van der Waals surface area contributed by atoms with E-state index in [4.69, 9.17) is 0 Å². The minimum Gasteiger partial charge on any atom is -0.505 e. The second-order valence-corrected chi connectivity index (χ2v) is 6.01. The van der Waals surface area contributed by atoms with E-state index in [0.717, 1.165) is 0 Å². The van der Waals surface area contributed by atoms with Crippen molar-refractivity contribution in [2.75, 3.05) is 0 Å². The molecule has 1 aliphatic heterocycles. The molecule has 0 unspecified atom stereocenters. The van der Waals surface area contributed by atoms with E-state index in [1.54, 1.807) is 0 Å². The summed E-state index contributed by atoms with van der Waals surface area (Å²) in [6.07, 6.45) is 0.412. The molecule has 15 heavy (non-hydrogen) atoms. The standard InChI is InChI=1S/C11H11FO2S/c1-11(2)5-9(14)6-3-8(13)7(12)4-10(6)15-11/h3-4,13H,5H2,1-2H3. The summed E-state index contributed by atoms with van der Waals surface area (Å²) in [6, 6.07) is 2.45. The van der Waals surface area contributed by atoms with Gasteiger partial charge in [0.2, 0.25) is 0 Å². The first-order valence-corrected chi connectivity index (χ1v) is 5.45. The molecule has 0 aromatic heterocycles. The van der Waals surface area contributed by atoms with Crippen LogP contribution in [0.4, 0.5) is 4.39 Å². The Bertz CT molecular complexity index is 440. The highest BCUT2D eigenvalue weighted by molar-refractivity contribution is 8.00. The molecule has 2 rings (SSSR count). The monoisotopic (exact) mass is 226 g/mol. The lowest BCUT2D eigenvalue weighted by molar-refractivity contribution is 0.0967. The number of aromatic hydroxyl groups is 1. The number of benzene rings is 1. The normalized spacial score (nSPS) is 18.7. The fourth-order valence-electron chi connectivity index (χ4n) is 1.66. The summed E-state index contributed by atoms with van der Waals surface area (Å²) >= 11 is 1.47. The molecule has 2 nitrogen and oxygen atoms in total. The van der Waals surface area contributed by atoms with Crippen LogP contribution in [-0.2, 0) is 0 Å². The second kappa shape index (κ2) is 3.23. The van der Waals surface area contributed by atoms with Gasteiger partial charge in [-0.05, 0) is 26.0 Å². The third kappa shape index (κ3) is 1.86. The number of carbonyl (C=O) groups is 1. The zero-order valence-electron chi connectivity index (χ0n) is 8.50. The molecule has 0 aliphatic carbocycles. The van der Waals surface area contributed by atoms with E-state index in [-0.39, 0.29) is 10.5 Å². The zero-order chi connectivity index (χ0) is 11.2. The van der Waals surface area contributed by atoms with Crippen molar-refractivity contribution in [3.63, 3.8) is 0 Å². The zero-order valence-corrected chi connectivity index (χ0v) is 9.32. The van der Waals surface area contributed by atoms with Gasteiger partial charge in [0, 0.05) is 21.6 Å². The number of phenolic OH excluding ortho intramolecular Hbond substituents is 1. The van der Waals surface area contributed by atoms with E-state index in [2.05, 4.69) is 0 Å². The van der Waals surface area contributed by atoms with Gasteiger partial charge in [0.05, 0.1) is 0 Å². The Balaban J connectivity index is 2.56. The Morgan fingerprint density at radius 3 is 2.80 bits per heavy atom. The van der Waals surface area contributed by atoms with Gasteiger partial charge in [-0.3, -0.25) is 4.79 Å². The molecule has 1 heterocycles. The molecular formula is C11H11FO2S. The first-order chi connectivity index (χ1) is 6.89. The number of fused-ring (bicyclic) bond motifs is 1. The third-order valence-corrected chi connectivity index (χ3v) is 3.58. The van der Waals surface area contributed by atoms with Crippen molar-refractivity contribution in [2.24, 2.45) is 0 Å². The van der Waals surface area contributed by atoms with E-state index in [1.807, 2.05) is 13.8 Å². The van der Waals surface area contributed by atoms with Gasteiger partial charge in [0.25, 0.3) is 0 Å². The molecule has 0 saturated carbocycles. The van der Waals surface area contributed by atoms with E-state index < -0.39 is 11.6 Å². The lowest BCUT2D eigenvalue weighted by atomic mass is 9.99. The average molecular weight is 226 g/mol. The smallest absolute Gasteiger partial charge is 0.165 e. The number of thioether (sulfide) groups is 1. The van der Waals surface area contributed by atoms with Crippen molar-refractivity contribution in [1.82, 2.24) is 0 Å². The highest BCUT2D eigenvalue weighted by Crippen LogP contribution is 2.44. The summed E-state index contributed by atoms with van der Waals surface area (Å²) in [5.74, 6) is -1.17. The molecule has 1 aromatic carbocycles. The summed E-state index contributed by atoms with van der Waals surface area (Å²) in [5, 5.41) is 9.19. The predicted molar refractivity (Wildman–Crippen MR) is 56.9 cm³/mol. The molecule has 0 bridgehead atoms. The summed E-state index contributed by atoms with van der Waals surface area (Å²) in [4.78, 5) is 12.3. The molecule has 0 amide bonds. The van der Waals surface area contributed by atoms with Gasteiger partial charge in [0.1, 0.15) is 0 Å². The molecule has 1 N–H and O–H groups in total. The van der Waals surface area contributed by atoms with E-state index in [0.29, 0.717) is 16.9 Å². The van der Waals surface area contributed by atoms with Crippen molar-refractivity contribution in [3.05, 3.63) is 23.5 Å². The van der Waals surface area contributed by atoms with Crippen LogP contribution in [0.15, 0.2) is 17.0 Å². The van der Waals surface area contributed by atoms with Crippen LogP contribution in [0.2, 0.25) is 0 Å². The average Bonchev–Trinajstić information content (AvgIpc) is 2.07. The quantitative estimate of drug-likeness (QED) is 0.739. The maximum Gasteiger partial charge on any atom is 0.165 e. The van der Waals surface area contributed by atoms with Crippen molar-refractivity contribution in [1.29, 1.82) is 0 Å². The Kier molecular flexibility index (Phi) is 2.26. The van der Waals surface area contributed by atoms with Crippen LogP contribution in [0.3, 0.4) is 0 Å². The van der Waals surface area contributed by atoms with Gasteiger partial charge in [-0.15, -0.1) is 11.8 Å². The van der Waals surface area contributed by atoms with E-state index in [1.165, 1.54) is 23.9 Å². The van der Waals surface area contributed by atoms with Crippen LogP contribution < -0.4 is 0 Å². The number of Topliss-reactive ketones (excluding diaryl/α,β-unsaturated/α-hetero) is 1. The molecule has 0 radical (unpaired) electrons. The minimum atomic E-state index is -0.674. The molecule has 80 valence electrons. The maximum atomic E-state index is 13.1. The first kappa shape index (κ1) is 10.5. The summed E-state index contributed by atoms with van der Waals surface area (Å²) < 4.78 is 12.9. The minimum absolute atomic E-state index is 0.0379. The topological polar surface area (TPSA) is 37.3 Å². The molecule has 0 spiro atoms. The maximum absolute atomic E-state index is 13.1. The second-order valence-electron chi connectivity index (χ2n) is 4.26.